The number of amides is 1. The third-order valence-corrected chi connectivity index (χ3v) is 8.08. The fourth-order valence-electron chi connectivity index (χ4n) is 5.68. The van der Waals surface area contributed by atoms with E-state index in [1.165, 1.54) is 0 Å². The number of rotatable bonds is 4. The second-order valence-corrected chi connectivity index (χ2v) is 11.6. The highest BCUT2D eigenvalue weighted by atomic mass is 35.5. The minimum atomic E-state index is -0.965. The van der Waals surface area contributed by atoms with Gasteiger partial charge in [-0.05, 0) is 85.4 Å². The van der Waals surface area contributed by atoms with Crippen LogP contribution in [0.4, 0.5) is 0 Å². The normalized spacial score (nSPS) is 26.2. The molecule has 2 aromatic rings. The molecule has 2 fully saturated rings. The van der Waals surface area contributed by atoms with Gasteiger partial charge in [0.15, 0.2) is 0 Å². The van der Waals surface area contributed by atoms with E-state index in [9.17, 15) is 14.7 Å². The number of halogens is 2. The Morgan fingerprint density at radius 1 is 1.09 bits per heavy atom. The number of aromatic carboxylic acids is 1. The van der Waals surface area contributed by atoms with E-state index in [2.05, 4.69) is 26.1 Å². The fourth-order valence-corrected chi connectivity index (χ4v) is 6.22. The molecule has 182 valence electrons. The zero-order valence-electron chi connectivity index (χ0n) is 20.1. The molecule has 34 heavy (non-hydrogen) atoms. The molecule has 7 heteroatoms. The van der Waals surface area contributed by atoms with Crippen LogP contribution in [0.15, 0.2) is 42.5 Å². The van der Waals surface area contributed by atoms with Gasteiger partial charge in [-0.15, -0.1) is 0 Å². The van der Waals surface area contributed by atoms with Crippen molar-refractivity contribution in [1.82, 2.24) is 10.2 Å². The maximum Gasteiger partial charge on any atom is 0.335 e. The highest BCUT2D eigenvalue weighted by Gasteiger charge is 2.54. The number of carbonyl (C=O) groups excluding carboxylic acids is 1. The molecule has 0 radical (unpaired) electrons. The SMILES string of the molecule is C[C@H](c1ccc(C(=O)O)cc1)N1C(=O)C(c2cc(Cl)cc(Cl)c2)NC12CCC(C(C)(C)C)CC2. The molecule has 2 atom stereocenters. The first-order chi connectivity index (χ1) is 15.9. The van der Waals surface area contributed by atoms with Crippen LogP contribution in [0, 0.1) is 11.3 Å². The maximum absolute atomic E-state index is 14.0. The first kappa shape index (κ1) is 25.0. The van der Waals surface area contributed by atoms with Crippen LogP contribution in [0.25, 0.3) is 0 Å². The minimum Gasteiger partial charge on any atom is -0.478 e. The molecule has 1 aliphatic carbocycles. The third kappa shape index (κ3) is 4.71. The van der Waals surface area contributed by atoms with Crippen molar-refractivity contribution in [3.8, 4) is 0 Å². The molecule has 2 N–H and O–H groups in total. The van der Waals surface area contributed by atoms with E-state index < -0.39 is 17.7 Å². The van der Waals surface area contributed by atoms with Crippen molar-refractivity contribution in [3.05, 3.63) is 69.2 Å². The van der Waals surface area contributed by atoms with Crippen molar-refractivity contribution in [3.63, 3.8) is 0 Å². The molecule has 2 aromatic carbocycles. The van der Waals surface area contributed by atoms with E-state index in [1.54, 1.807) is 42.5 Å². The smallest absolute Gasteiger partial charge is 0.335 e. The molecule has 1 saturated heterocycles. The topological polar surface area (TPSA) is 69.6 Å². The van der Waals surface area contributed by atoms with Crippen LogP contribution in [0.5, 0.6) is 0 Å². The number of carboxylic acid groups (broad SMARTS) is 1. The van der Waals surface area contributed by atoms with Gasteiger partial charge in [-0.1, -0.05) is 56.1 Å². The van der Waals surface area contributed by atoms with E-state index >= 15 is 0 Å². The average molecular weight is 503 g/mol. The predicted octanol–water partition coefficient (Wildman–Crippen LogP) is 6.86. The lowest BCUT2D eigenvalue weighted by Crippen LogP contribution is -2.55. The zero-order chi connectivity index (χ0) is 24.8. The molecule has 1 spiro atoms. The standard InChI is InChI=1S/C27H32Cl2N2O3/c1-16(17-5-7-18(8-6-17)25(33)34)31-24(32)23(19-13-21(28)15-22(29)14-19)30-27(31)11-9-20(10-12-27)26(2,3)4/h5-8,13-16,20,23,30H,9-12H2,1-4H3,(H,33,34)/t16-,20?,23?,27?/m1/s1. The molecule has 2 aliphatic rings. The first-order valence-corrected chi connectivity index (χ1v) is 12.6. The number of carboxylic acids is 1. The van der Waals surface area contributed by atoms with Crippen LogP contribution >= 0.6 is 23.2 Å². The molecule has 1 heterocycles. The number of hydrogen-bond donors (Lipinski definition) is 2. The molecule has 1 saturated carbocycles. The molecular formula is C27H32Cl2N2O3. The van der Waals surface area contributed by atoms with Crippen molar-refractivity contribution < 1.29 is 14.7 Å². The Morgan fingerprint density at radius 3 is 2.15 bits per heavy atom. The lowest BCUT2D eigenvalue weighted by Gasteiger charge is -2.48. The fraction of sp³-hybridized carbons (Fsp3) is 0.481. The summed E-state index contributed by atoms with van der Waals surface area (Å²) in [5.41, 5.74) is 1.63. The summed E-state index contributed by atoms with van der Waals surface area (Å²) in [6.07, 6.45) is 3.74. The first-order valence-electron chi connectivity index (χ1n) is 11.8. The summed E-state index contributed by atoms with van der Waals surface area (Å²) in [4.78, 5) is 27.2. The van der Waals surface area contributed by atoms with Gasteiger partial charge < -0.3 is 10.0 Å². The second-order valence-electron chi connectivity index (χ2n) is 10.8. The molecule has 0 bridgehead atoms. The summed E-state index contributed by atoms with van der Waals surface area (Å²) < 4.78 is 0. The molecule has 1 amide bonds. The third-order valence-electron chi connectivity index (χ3n) is 7.64. The summed E-state index contributed by atoms with van der Waals surface area (Å²) in [6.45, 7) is 8.86. The summed E-state index contributed by atoms with van der Waals surface area (Å²) in [5, 5.41) is 14.0. The van der Waals surface area contributed by atoms with E-state index in [0.717, 1.165) is 36.8 Å². The average Bonchev–Trinajstić information content (AvgIpc) is 3.04. The van der Waals surface area contributed by atoms with Crippen molar-refractivity contribution in [1.29, 1.82) is 0 Å². The van der Waals surface area contributed by atoms with E-state index in [4.69, 9.17) is 23.2 Å². The largest absolute Gasteiger partial charge is 0.478 e. The summed E-state index contributed by atoms with van der Waals surface area (Å²) in [6, 6.07) is 11.3. The van der Waals surface area contributed by atoms with Crippen LogP contribution in [0.1, 0.15) is 86.9 Å². The van der Waals surface area contributed by atoms with Gasteiger partial charge in [0.25, 0.3) is 0 Å². The summed E-state index contributed by atoms with van der Waals surface area (Å²) in [5.74, 6) is -0.392. The highest BCUT2D eigenvalue weighted by molar-refractivity contribution is 6.34. The van der Waals surface area contributed by atoms with Crippen molar-refractivity contribution in [2.75, 3.05) is 0 Å². The van der Waals surface area contributed by atoms with Crippen LogP contribution in [-0.4, -0.2) is 27.5 Å². The Hall–Kier alpha value is -2.08. The lowest BCUT2D eigenvalue weighted by atomic mass is 9.69. The van der Waals surface area contributed by atoms with Gasteiger partial charge in [-0.3, -0.25) is 10.1 Å². The molecule has 1 aliphatic heterocycles. The second kappa shape index (κ2) is 9.18. The van der Waals surface area contributed by atoms with Crippen LogP contribution < -0.4 is 5.32 Å². The van der Waals surface area contributed by atoms with Gasteiger partial charge in [0.1, 0.15) is 6.04 Å². The van der Waals surface area contributed by atoms with Gasteiger partial charge in [-0.25, -0.2) is 4.79 Å². The monoisotopic (exact) mass is 502 g/mol. The van der Waals surface area contributed by atoms with Crippen LogP contribution in [-0.2, 0) is 4.79 Å². The van der Waals surface area contributed by atoms with Crippen LogP contribution in [0.2, 0.25) is 10.0 Å². The van der Waals surface area contributed by atoms with Gasteiger partial charge >= 0.3 is 5.97 Å². The summed E-state index contributed by atoms with van der Waals surface area (Å²) in [7, 11) is 0. The van der Waals surface area contributed by atoms with E-state index in [0.29, 0.717) is 16.0 Å². The molecule has 1 unspecified atom stereocenters. The quantitative estimate of drug-likeness (QED) is 0.478. The minimum absolute atomic E-state index is 0.0117. The Bertz CT molecular complexity index is 1070. The van der Waals surface area contributed by atoms with E-state index in [-0.39, 0.29) is 22.9 Å². The van der Waals surface area contributed by atoms with Gasteiger partial charge in [0, 0.05) is 10.0 Å². The number of benzene rings is 2. The summed E-state index contributed by atoms with van der Waals surface area (Å²) >= 11 is 12.5. The van der Waals surface area contributed by atoms with E-state index in [1.807, 2.05) is 11.8 Å². The maximum atomic E-state index is 14.0. The lowest BCUT2D eigenvalue weighted by molar-refractivity contribution is -0.136. The van der Waals surface area contributed by atoms with Crippen molar-refractivity contribution in [2.45, 2.75) is 71.1 Å². The van der Waals surface area contributed by atoms with Gasteiger partial charge in [0.2, 0.25) is 5.91 Å². The van der Waals surface area contributed by atoms with Crippen molar-refractivity contribution in [2.24, 2.45) is 11.3 Å². The van der Waals surface area contributed by atoms with Gasteiger partial charge in [-0.2, -0.15) is 0 Å². The number of nitrogens with one attached hydrogen (secondary N) is 1. The molecule has 4 rings (SSSR count). The Morgan fingerprint density at radius 2 is 1.65 bits per heavy atom. The Kier molecular flexibility index (Phi) is 6.75. The Balaban J connectivity index is 1.71. The Labute approximate surface area is 211 Å². The molecular weight excluding hydrogens is 471 g/mol. The van der Waals surface area contributed by atoms with Gasteiger partial charge in [0.05, 0.1) is 17.3 Å². The number of carbonyl (C=O) groups is 2. The zero-order valence-corrected chi connectivity index (χ0v) is 21.6. The predicted molar refractivity (Wildman–Crippen MR) is 135 cm³/mol. The number of hydrogen-bond acceptors (Lipinski definition) is 3. The van der Waals surface area contributed by atoms with Crippen LogP contribution in [0.3, 0.4) is 0 Å². The molecule has 5 nitrogen and oxygen atoms in total. The number of nitrogens with zero attached hydrogens (tertiary/aromatic N) is 1. The highest BCUT2D eigenvalue weighted by Crippen LogP contribution is 2.49. The molecule has 0 aromatic heterocycles. The van der Waals surface area contributed by atoms with Crippen molar-refractivity contribution >= 4 is 35.1 Å².